The summed E-state index contributed by atoms with van der Waals surface area (Å²) in [7, 11) is 0. The molecule has 2 saturated heterocycles. The van der Waals surface area contributed by atoms with E-state index in [0.717, 1.165) is 55.3 Å². The number of carbonyl (C=O) groups is 2. The first-order valence-corrected chi connectivity index (χ1v) is 11.9. The largest absolute Gasteiger partial charge is 0.341 e. The number of hydrogen-bond donors (Lipinski definition) is 2. The molecule has 0 spiro atoms. The van der Waals surface area contributed by atoms with Crippen LogP contribution >= 0.6 is 11.8 Å². The van der Waals surface area contributed by atoms with Crippen LogP contribution in [0.4, 0.5) is 15.1 Å². The lowest BCUT2D eigenvalue weighted by molar-refractivity contribution is -0.115. The molecular weight excluding hydrogens is 455 g/mol. The minimum Gasteiger partial charge on any atom is -0.341 e. The van der Waals surface area contributed by atoms with Crippen molar-refractivity contribution in [1.29, 1.82) is 0 Å². The number of rotatable bonds is 6. The number of imide groups is 1. The van der Waals surface area contributed by atoms with Crippen molar-refractivity contribution in [3.05, 3.63) is 64.7 Å². The molecule has 2 aliphatic rings. The predicted octanol–water partition coefficient (Wildman–Crippen LogP) is 3.49. The smallest absolute Gasteiger partial charge is 0.290 e. The predicted molar refractivity (Wildman–Crippen MR) is 129 cm³/mol. The van der Waals surface area contributed by atoms with Crippen LogP contribution in [0.5, 0.6) is 0 Å². The van der Waals surface area contributed by atoms with Crippen LogP contribution in [0.3, 0.4) is 0 Å². The summed E-state index contributed by atoms with van der Waals surface area (Å²) in [5, 5.41) is 6.13. The fourth-order valence-corrected chi connectivity index (χ4v) is 4.81. The van der Waals surface area contributed by atoms with Crippen LogP contribution in [0.15, 0.2) is 47.5 Å². The highest BCUT2D eigenvalue weighted by atomic mass is 32.2. The molecule has 2 N–H and O–H groups in total. The molecule has 4 heterocycles. The van der Waals surface area contributed by atoms with E-state index in [2.05, 4.69) is 30.5 Å². The second kappa shape index (κ2) is 9.86. The van der Waals surface area contributed by atoms with Crippen molar-refractivity contribution in [2.75, 3.05) is 24.5 Å². The molecule has 0 radical (unpaired) electrons. The van der Waals surface area contributed by atoms with Crippen LogP contribution in [0.2, 0.25) is 0 Å². The van der Waals surface area contributed by atoms with E-state index in [1.165, 1.54) is 6.07 Å². The van der Waals surface area contributed by atoms with E-state index >= 15 is 0 Å². The maximum Gasteiger partial charge on any atom is 0.290 e. The molecule has 0 bridgehead atoms. The number of amides is 2. The monoisotopic (exact) mass is 478 g/mol. The summed E-state index contributed by atoms with van der Waals surface area (Å²) in [5.41, 5.74) is 1.83. The van der Waals surface area contributed by atoms with E-state index in [1.807, 2.05) is 18.2 Å². The van der Waals surface area contributed by atoms with E-state index in [9.17, 15) is 14.0 Å². The van der Waals surface area contributed by atoms with Crippen molar-refractivity contribution >= 4 is 45.8 Å². The molecule has 2 aromatic heterocycles. The number of para-hydroxylation sites is 1. The minimum absolute atomic E-state index is 0.298. The van der Waals surface area contributed by atoms with Crippen molar-refractivity contribution in [2.45, 2.75) is 19.4 Å². The third-order valence-electron chi connectivity index (χ3n) is 5.95. The first-order chi connectivity index (χ1) is 16.5. The number of hydrogen-bond acceptors (Lipinski definition) is 8. The fraction of sp³-hybridized carbons (Fsp3) is 0.292. The Labute approximate surface area is 200 Å². The molecular formula is C24H23FN6O2S. The van der Waals surface area contributed by atoms with Crippen LogP contribution < -0.4 is 15.5 Å². The van der Waals surface area contributed by atoms with Crippen molar-refractivity contribution in [3.63, 3.8) is 0 Å². The molecule has 1 aromatic carbocycles. The highest BCUT2D eigenvalue weighted by molar-refractivity contribution is 8.18. The molecule has 2 aliphatic heterocycles. The van der Waals surface area contributed by atoms with Gasteiger partial charge in [0.25, 0.3) is 11.1 Å². The number of fused-ring (bicyclic) bond motifs is 1. The number of halogens is 1. The van der Waals surface area contributed by atoms with Gasteiger partial charge in [0.05, 0.1) is 16.3 Å². The van der Waals surface area contributed by atoms with Crippen molar-refractivity contribution in [1.82, 2.24) is 25.6 Å². The lowest BCUT2D eigenvalue weighted by Gasteiger charge is -2.32. The lowest BCUT2D eigenvalue weighted by Crippen LogP contribution is -2.38. The number of piperidine rings is 1. The summed E-state index contributed by atoms with van der Waals surface area (Å²) in [5.74, 6) is 0.446. The van der Waals surface area contributed by atoms with Crippen molar-refractivity contribution in [2.24, 2.45) is 5.92 Å². The maximum atomic E-state index is 14.0. The summed E-state index contributed by atoms with van der Waals surface area (Å²) in [4.78, 5) is 39.0. The summed E-state index contributed by atoms with van der Waals surface area (Å²) >= 11 is 0.875. The van der Waals surface area contributed by atoms with Gasteiger partial charge in [0.2, 0.25) is 5.95 Å². The average molecular weight is 479 g/mol. The topological polar surface area (TPSA) is 100 Å². The SMILES string of the molecule is O=C1NC(=O)C(=Cc2ccnc(N3CCC(CNCc4ccc5cccc(F)c5n4)CC3)n2)S1. The van der Waals surface area contributed by atoms with Gasteiger partial charge in [0, 0.05) is 31.2 Å². The van der Waals surface area contributed by atoms with Gasteiger partial charge in [-0.25, -0.2) is 19.3 Å². The quantitative estimate of drug-likeness (QED) is 0.520. The van der Waals surface area contributed by atoms with Crippen molar-refractivity contribution in [3.8, 4) is 0 Å². The van der Waals surface area contributed by atoms with Gasteiger partial charge < -0.3 is 10.2 Å². The molecule has 0 atom stereocenters. The summed E-state index contributed by atoms with van der Waals surface area (Å²) in [6.07, 6.45) is 5.27. The molecule has 2 amide bonds. The van der Waals surface area contributed by atoms with E-state index in [1.54, 1.807) is 24.4 Å². The zero-order chi connectivity index (χ0) is 23.5. The average Bonchev–Trinajstić information content (AvgIpc) is 3.16. The van der Waals surface area contributed by atoms with E-state index in [4.69, 9.17) is 0 Å². The number of anilines is 1. The first kappa shape index (κ1) is 22.4. The zero-order valence-electron chi connectivity index (χ0n) is 18.3. The van der Waals surface area contributed by atoms with Crippen LogP contribution in [0, 0.1) is 11.7 Å². The van der Waals surface area contributed by atoms with Crippen LogP contribution in [0.1, 0.15) is 24.2 Å². The maximum absolute atomic E-state index is 14.0. The molecule has 0 unspecified atom stereocenters. The number of thioether (sulfide) groups is 1. The molecule has 0 saturated carbocycles. The number of aromatic nitrogens is 3. The van der Waals surface area contributed by atoms with Crippen LogP contribution in [-0.2, 0) is 11.3 Å². The third kappa shape index (κ3) is 5.07. The van der Waals surface area contributed by atoms with Gasteiger partial charge in [-0.1, -0.05) is 18.2 Å². The molecule has 34 heavy (non-hydrogen) atoms. The fourth-order valence-electron chi connectivity index (χ4n) is 4.14. The van der Waals surface area contributed by atoms with Gasteiger partial charge in [-0.2, -0.15) is 0 Å². The second-order valence-electron chi connectivity index (χ2n) is 8.31. The number of carbonyl (C=O) groups excluding carboxylic acids is 2. The van der Waals surface area contributed by atoms with E-state index in [0.29, 0.717) is 34.5 Å². The Bertz CT molecular complexity index is 1280. The highest BCUT2D eigenvalue weighted by Gasteiger charge is 2.25. The molecule has 5 rings (SSSR count). The van der Waals surface area contributed by atoms with Gasteiger partial charge in [-0.15, -0.1) is 0 Å². The molecule has 2 fully saturated rings. The standard InChI is InChI=1S/C24H23FN6O2S/c25-19-3-1-2-16-4-5-18(28-21(16)19)14-26-13-15-7-10-31(11-8-15)23-27-9-6-17(29-23)12-20-22(32)30-24(33)34-20/h1-6,9,12,15,26H,7-8,10-11,13-14H2,(H,30,32,33). The first-order valence-electron chi connectivity index (χ1n) is 11.1. The third-order valence-corrected chi connectivity index (χ3v) is 6.76. The Morgan fingerprint density at radius 1 is 1.15 bits per heavy atom. The molecule has 3 aromatic rings. The summed E-state index contributed by atoms with van der Waals surface area (Å²) < 4.78 is 14.0. The molecule has 10 heteroatoms. The Balaban J connectivity index is 1.13. The Hall–Kier alpha value is -3.37. The summed E-state index contributed by atoms with van der Waals surface area (Å²) in [6, 6.07) is 10.5. The molecule has 0 aliphatic carbocycles. The summed E-state index contributed by atoms with van der Waals surface area (Å²) in [6.45, 7) is 3.12. The van der Waals surface area contributed by atoms with Gasteiger partial charge in [-0.3, -0.25) is 14.9 Å². The van der Waals surface area contributed by atoms with E-state index < -0.39 is 5.91 Å². The van der Waals surface area contributed by atoms with Gasteiger partial charge in [-0.05, 0) is 61.3 Å². The number of nitrogens with zero attached hydrogens (tertiary/aromatic N) is 4. The minimum atomic E-state index is -0.396. The van der Waals surface area contributed by atoms with Gasteiger partial charge in [0.15, 0.2) is 0 Å². The number of nitrogens with one attached hydrogen (secondary N) is 2. The van der Waals surface area contributed by atoms with E-state index in [-0.39, 0.29) is 11.1 Å². The van der Waals surface area contributed by atoms with Crippen LogP contribution in [0.25, 0.3) is 17.0 Å². The molecule has 174 valence electrons. The van der Waals surface area contributed by atoms with Gasteiger partial charge in [0.1, 0.15) is 11.3 Å². The molecule has 8 nitrogen and oxygen atoms in total. The van der Waals surface area contributed by atoms with Crippen molar-refractivity contribution < 1.29 is 14.0 Å². The zero-order valence-corrected chi connectivity index (χ0v) is 19.1. The number of benzene rings is 1. The second-order valence-corrected chi connectivity index (χ2v) is 9.32. The Morgan fingerprint density at radius 2 is 2.00 bits per heavy atom. The Morgan fingerprint density at radius 3 is 2.79 bits per heavy atom. The lowest BCUT2D eigenvalue weighted by atomic mass is 9.97. The van der Waals surface area contributed by atoms with Crippen LogP contribution in [-0.4, -0.2) is 45.7 Å². The normalized spacial score (nSPS) is 18.1. The number of pyridine rings is 1. The Kier molecular flexibility index (Phi) is 6.50. The highest BCUT2D eigenvalue weighted by Crippen LogP contribution is 2.26. The van der Waals surface area contributed by atoms with Gasteiger partial charge >= 0.3 is 0 Å².